The van der Waals surface area contributed by atoms with Crippen LogP contribution in [0.3, 0.4) is 0 Å². The summed E-state index contributed by atoms with van der Waals surface area (Å²) in [5.74, 6) is 1.70. The lowest BCUT2D eigenvalue weighted by Gasteiger charge is -2.31. The first kappa shape index (κ1) is 18.8. The molecule has 134 valence electrons. The zero-order chi connectivity index (χ0) is 17.5. The standard InChI is InChI=1S/C20H34N4/c1-5-7-16(8-6-2)17-13-18(19(21)14-17)20(23-15(3)4)24-11-9-22-10-12-24/h14,16,22H,3,5-13,21H2,1-2,4H3. The SMILES string of the molecule is C=C(C)N=C(C1=C(N)C=C(C(CCC)CCC)C1)N1CCNCC1. The van der Waals surface area contributed by atoms with Crippen LogP contribution < -0.4 is 11.1 Å². The van der Waals surface area contributed by atoms with E-state index in [1.54, 1.807) is 0 Å². The fraction of sp³-hybridized carbons (Fsp3) is 0.650. The van der Waals surface area contributed by atoms with Gasteiger partial charge in [0.05, 0.1) is 0 Å². The summed E-state index contributed by atoms with van der Waals surface area (Å²) >= 11 is 0. The van der Waals surface area contributed by atoms with Gasteiger partial charge in [-0.05, 0) is 38.2 Å². The highest BCUT2D eigenvalue weighted by Crippen LogP contribution is 2.34. The maximum atomic E-state index is 6.43. The first-order valence-corrected chi connectivity index (χ1v) is 9.46. The lowest BCUT2D eigenvalue weighted by atomic mass is 9.88. The van der Waals surface area contributed by atoms with Crippen LogP contribution in [0.1, 0.15) is 52.9 Å². The van der Waals surface area contributed by atoms with Crippen LogP contribution in [0.15, 0.2) is 40.2 Å². The molecule has 2 rings (SSSR count). The maximum absolute atomic E-state index is 6.43. The lowest BCUT2D eigenvalue weighted by molar-refractivity contribution is 0.356. The van der Waals surface area contributed by atoms with E-state index < -0.39 is 0 Å². The van der Waals surface area contributed by atoms with Crippen LogP contribution in [0.4, 0.5) is 0 Å². The molecule has 0 aromatic rings. The maximum Gasteiger partial charge on any atom is 0.134 e. The van der Waals surface area contributed by atoms with Crippen LogP contribution in [-0.2, 0) is 0 Å². The lowest BCUT2D eigenvalue weighted by Crippen LogP contribution is -2.47. The van der Waals surface area contributed by atoms with Crippen molar-refractivity contribution >= 4 is 5.84 Å². The van der Waals surface area contributed by atoms with Crippen LogP contribution in [0.5, 0.6) is 0 Å². The number of nitrogens with one attached hydrogen (secondary N) is 1. The number of allylic oxidation sites excluding steroid dienone is 3. The van der Waals surface area contributed by atoms with Gasteiger partial charge in [-0.2, -0.15) is 0 Å². The van der Waals surface area contributed by atoms with E-state index in [2.05, 4.69) is 36.7 Å². The van der Waals surface area contributed by atoms with Gasteiger partial charge in [0.1, 0.15) is 5.84 Å². The highest BCUT2D eigenvalue weighted by Gasteiger charge is 2.27. The van der Waals surface area contributed by atoms with E-state index in [0.717, 1.165) is 49.8 Å². The molecule has 0 spiro atoms. The molecule has 0 aromatic heterocycles. The molecular weight excluding hydrogens is 296 g/mol. The van der Waals surface area contributed by atoms with Gasteiger partial charge in [-0.1, -0.05) is 38.8 Å². The van der Waals surface area contributed by atoms with E-state index >= 15 is 0 Å². The number of hydrogen-bond acceptors (Lipinski definition) is 3. The first-order chi connectivity index (χ1) is 11.6. The van der Waals surface area contributed by atoms with Crippen molar-refractivity contribution in [2.75, 3.05) is 26.2 Å². The Kier molecular flexibility index (Phi) is 7.10. The summed E-state index contributed by atoms with van der Waals surface area (Å²) in [6.45, 7) is 14.4. The van der Waals surface area contributed by atoms with E-state index in [1.165, 1.54) is 36.8 Å². The largest absolute Gasteiger partial charge is 0.398 e. The monoisotopic (exact) mass is 330 g/mol. The fourth-order valence-electron chi connectivity index (χ4n) is 3.71. The number of rotatable bonds is 7. The number of aliphatic imine (C=N–C) groups is 1. The molecule has 2 aliphatic rings. The number of nitrogens with two attached hydrogens (primary N) is 1. The van der Waals surface area contributed by atoms with Gasteiger partial charge in [0.15, 0.2) is 0 Å². The van der Waals surface area contributed by atoms with Crippen molar-refractivity contribution in [2.24, 2.45) is 16.6 Å². The van der Waals surface area contributed by atoms with Gasteiger partial charge in [-0.25, -0.2) is 4.99 Å². The predicted octanol–water partition coefficient (Wildman–Crippen LogP) is 3.58. The fourth-order valence-corrected chi connectivity index (χ4v) is 3.71. The summed E-state index contributed by atoms with van der Waals surface area (Å²) in [4.78, 5) is 7.13. The van der Waals surface area contributed by atoms with Gasteiger partial charge in [0.25, 0.3) is 0 Å². The minimum atomic E-state index is 0.658. The van der Waals surface area contributed by atoms with Crippen molar-refractivity contribution in [2.45, 2.75) is 52.9 Å². The molecule has 4 heteroatoms. The van der Waals surface area contributed by atoms with Crippen molar-refractivity contribution in [1.29, 1.82) is 0 Å². The summed E-state index contributed by atoms with van der Waals surface area (Å²) in [6, 6.07) is 0. The van der Waals surface area contributed by atoms with Crippen molar-refractivity contribution in [1.82, 2.24) is 10.2 Å². The first-order valence-electron chi connectivity index (χ1n) is 9.46. The Morgan fingerprint density at radius 2 is 1.92 bits per heavy atom. The average molecular weight is 331 g/mol. The Balaban J connectivity index is 2.20. The third-order valence-corrected chi connectivity index (χ3v) is 4.85. The van der Waals surface area contributed by atoms with Gasteiger partial charge in [-0.15, -0.1) is 0 Å². The molecule has 0 radical (unpaired) electrons. The number of nitrogens with zero attached hydrogens (tertiary/aromatic N) is 2. The van der Waals surface area contributed by atoms with Gasteiger partial charge < -0.3 is 16.0 Å². The molecule has 0 unspecified atom stereocenters. The Labute approximate surface area is 147 Å². The zero-order valence-electron chi connectivity index (χ0n) is 15.7. The van der Waals surface area contributed by atoms with Crippen LogP contribution in [-0.4, -0.2) is 36.9 Å². The van der Waals surface area contributed by atoms with Gasteiger partial charge in [-0.3, -0.25) is 0 Å². The Hall–Kier alpha value is -1.55. The van der Waals surface area contributed by atoms with E-state index in [4.69, 9.17) is 10.7 Å². The van der Waals surface area contributed by atoms with E-state index in [9.17, 15) is 0 Å². The van der Waals surface area contributed by atoms with Crippen LogP contribution in [0.2, 0.25) is 0 Å². The third kappa shape index (κ3) is 4.73. The second-order valence-electron chi connectivity index (χ2n) is 7.01. The second-order valence-corrected chi connectivity index (χ2v) is 7.01. The molecule has 0 saturated carbocycles. The van der Waals surface area contributed by atoms with E-state index in [0.29, 0.717) is 5.92 Å². The van der Waals surface area contributed by atoms with Crippen molar-refractivity contribution < 1.29 is 0 Å². The Morgan fingerprint density at radius 1 is 1.29 bits per heavy atom. The third-order valence-electron chi connectivity index (χ3n) is 4.85. The molecule has 24 heavy (non-hydrogen) atoms. The number of amidine groups is 1. The summed E-state index contributed by atoms with van der Waals surface area (Å²) in [5, 5.41) is 3.41. The summed E-state index contributed by atoms with van der Waals surface area (Å²) < 4.78 is 0. The minimum absolute atomic E-state index is 0.658. The molecule has 0 aromatic carbocycles. The molecule has 0 atom stereocenters. The average Bonchev–Trinajstić information content (AvgIpc) is 2.94. The molecule has 4 nitrogen and oxygen atoms in total. The van der Waals surface area contributed by atoms with E-state index in [-0.39, 0.29) is 0 Å². The molecule has 1 fully saturated rings. The molecule has 0 amide bonds. The van der Waals surface area contributed by atoms with E-state index in [1.807, 2.05) is 6.92 Å². The number of hydrogen-bond donors (Lipinski definition) is 2. The minimum Gasteiger partial charge on any atom is -0.398 e. The topological polar surface area (TPSA) is 53.6 Å². The predicted molar refractivity (Wildman–Crippen MR) is 104 cm³/mol. The zero-order valence-corrected chi connectivity index (χ0v) is 15.7. The smallest absolute Gasteiger partial charge is 0.134 e. The quantitative estimate of drug-likeness (QED) is 0.554. The van der Waals surface area contributed by atoms with Crippen LogP contribution >= 0.6 is 0 Å². The van der Waals surface area contributed by atoms with Crippen molar-refractivity contribution in [3.63, 3.8) is 0 Å². The van der Waals surface area contributed by atoms with Gasteiger partial charge in [0, 0.05) is 43.1 Å². The Bertz CT molecular complexity index is 530. The summed E-state index contributed by atoms with van der Waals surface area (Å²) in [6.07, 6.45) is 8.12. The molecular formula is C20H34N4. The molecule has 1 saturated heterocycles. The van der Waals surface area contributed by atoms with Crippen molar-refractivity contribution in [3.8, 4) is 0 Å². The summed E-state index contributed by atoms with van der Waals surface area (Å²) in [5.41, 5.74) is 10.9. The molecule has 1 heterocycles. The Morgan fingerprint density at radius 3 is 2.46 bits per heavy atom. The highest BCUT2D eigenvalue weighted by molar-refractivity contribution is 6.01. The summed E-state index contributed by atoms with van der Waals surface area (Å²) in [7, 11) is 0. The molecule has 1 aliphatic carbocycles. The molecule has 0 bridgehead atoms. The second kappa shape index (κ2) is 9.07. The molecule has 1 aliphatic heterocycles. The van der Waals surface area contributed by atoms with Crippen LogP contribution in [0, 0.1) is 5.92 Å². The van der Waals surface area contributed by atoms with Crippen LogP contribution in [0.25, 0.3) is 0 Å². The normalized spacial score (nSPS) is 19.2. The highest BCUT2D eigenvalue weighted by atomic mass is 15.2. The molecule has 3 N–H and O–H groups in total. The van der Waals surface area contributed by atoms with Crippen molar-refractivity contribution in [3.05, 3.63) is 35.2 Å². The van der Waals surface area contributed by atoms with Gasteiger partial charge >= 0.3 is 0 Å². The van der Waals surface area contributed by atoms with Gasteiger partial charge in [0.2, 0.25) is 0 Å². The number of piperazine rings is 1.